The summed E-state index contributed by atoms with van der Waals surface area (Å²) in [4.78, 5) is 11.3. The number of benzene rings is 2. The third-order valence-electron chi connectivity index (χ3n) is 3.00. The van der Waals surface area contributed by atoms with Crippen molar-refractivity contribution in [3.63, 3.8) is 0 Å². The first-order valence-electron chi connectivity index (χ1n) is 6.27. The molecule has 2 aromatic rings. The highest BCUT2D eigenvalue weighted by Gasteiger charge is 2.06. The number of nitrogen functional groups attached to an aromatic ring is 1. The minimum Gasteiger partial charge on any atom is -0.486 e. The van der Waals surface area contributed by atoms with E-state index in [-0.39, 0.29) is 5.97 Å². The molecule has 0 amide bonds. The van der Waals surface area contributed by atoms with Gasteiger partial charge in [0, 0.05) is 0 Å². The van der Waals surface area contributed by atoms with Gasteiger partial charge in [-0.15, -0.1) is 0 Å². The maximum atomic E-state index is 11.3. The van der Waals surface area contributed by atoms with Crippen LogP contribution in [0.3, 0.4) is 0 Å². The lowest BCUT2D eigenvalue weighted by Crippen LogP contribution is -2.03. The lowest BCUT2D eigenvalue weighted by Gasteiger charge is -2.11. The van der Waals surface area contributed by atoms with Crippen LogP contribution in [0.15, 0.2) is 42.5 Å². The molecule has 0 heterocycles. The zero-order valence-electron chi connectivity index (χ0n) is 11.6. The Kier molecular flexibility index (Phi) is 4.25. The lowest BCUT2D eigenvalue weighted by molar-refractivity contribution is 0.0600. The molecule has 0 aliphatic rings. The number of methoxy groups -OCH3 is 1. The van der Waals surface area contributed by atoms with E-state index < -0.39 is 0 Å². The van der Waals surface area contributed by atoms with E-state index in [1.807, 2.05) is 37.3 Å². The summed E-state index contributed by atoms with van der Waals surface area (Å²) in [5.41, 5.74) is 8.98. The predicted molar refractivity (Wildman–Crippen MR) is 77.7 cm³/mol. The molecule has 0 spiro atoms. The van der Waals surface area contributed by atoms with E-state index in [9.17, 15) is 4.79 Å². The molecule has 4 heteroatoms. The van der Waals surface area contributed by atoms with E-state index in [0.29, 0.717) is 23.6 Å². The number of para-hydroxylation sites is 1. The predicted octanol–water partition coefficient (Wildman–Crippen LogP) is 2.94. The minimum absolute atomic E-state index is 0.347. The van der Waals surface area contributed by atoms with E-state index in [2.05, 4.69) is 4.74 Å². The summed E-state index contributed by atoms with van der Waals surface area (Å²) < 4.78 is 10.4. The fraction of sp³-hybridized carbons (Fsp3) is 0.188. The molecule has 104 valence electrons. The average molecular weight is 271 g/mol. The second kappa shape index (κ2) is 6.10. The van der Waals surface area contributed by atoms with Gasteiger partial charge in [0.25, 0.3) is 0 Å². The van der Waals surface area contributed by atoms with Gasteiger partial charge in [0.1, 0.15) is 12.4 Å². The highest BCUT2D eigenvalue weighted by atomic mass is 16.5. The quantitative estimate of drug-likeness (QED) is 0.686. The van der Waals surface area contributed by atoms with Crippen molar-refractivity contribution in [1.82, 2.24) is 0 Å². The van der Waals surface area contributed by atoms with Crippen molar-refractivity contribution in [2.45, 2.75) is 13.5 Å². The maximum Gasteiger partial charge on any atom is 0.337 e. The number of esters is 1. The van der Waals surface area contributed by atoms with Gasteiger partial charge in [-0.05, 0) is 36.2 Å². The van der Waals surface area contributed by atoms with E-state index >= 15 is 0 Å². The molecule has 2 rings (SSSR count). The molecule has 2 aromatic carbocycles. The largest absolute Gasteiger partial charge is 0.486 e. The molecule has 0 unspecified atom stereocenters. The van der Waals surface area contributed by atoms with Crippen LogP contribution in [0.1, 0.15) is 21.5 Å². The first-order chi connectivity index (χ1) is 9.61. The molecule has 0 aliphatic carbocycles. The fourth-order valence-electron chi connectivity index (χ4n) is 1.88. The summed E-state index contributed by atoms with van der Waals surface area (Å²) in [5.74, 6) is 0.352. The molecule has 0 saturated carbocycles. The number of ether oxygens (including phenoxy) is 2. The molecule has 0 aliphatic heterocycles. The molecule has 2 N–H and O–H groups in total. The maximum absolute atomic E-state index is 11.3. The molecular weight excluding hydrogens is 254 g/mol. The molecular formula is C16H17NO3. The van der Waals surface area contributed by atoms with E-state index in [1.54, 1.807) is 12.1 Å². The zero-order valence-corrected chi connectivity index (χ0v) is 11.6. The monoisotopic (exact) mass is 271 g/mol. The normalized spacial score (nSPS) is 10.1. The number of rotatable bonds is 4. The topological polar surface area (TPSA) is 61.5 Å². The third kappa shape index (κ3) is 3.09. The van der Waals surface area contributed by atoms with Crippen LogP contribution in [-0.2, 0) is 11.3 Å². The van der Waals surface area contributed by atoms with Crippen molar-refractivity contribution in [2.24, 2.45) is 0 Å². The van der Waals surface area contributed by atoms with Crippen molar-refractivity contribution >= 4 is 11.7 Å². The molecule has 0 bridgehead atoms. The first kappa shape index (κ1) is 13.9. The Balaban J connectivity index is 2.06. The van der Waals surface area contributed by atoms with Gasteiger partial charge in [-0.2, -0.15) is 0 Å². The number of carbonyl (C=O) groups is 1. The second-order valence-electron chi connectivity index (χ2n) is 4.47. The van der Waals surface area contributed by atoms with Gasteiger partial charge in [0.2, 0.25) is 0 Å². The third-order valence-corrected chi connectivity index (χ3v) is 3.00. The smallest absolute Gasteiger partial charge is 0.337 e. The van der Waals surface area contributed by atoms with Crippen molar-refractivity contribution in [3.05, 3.63) is 59.2 Å². The summed E-state index contributed by atoms with van der Waals surface area (Å²) in [7, 11) is 1.36. The Labute approximate surface area is 118 Å². The summed E-state index contributed by atoms with van der Waals surface area (Å²) in [5, 5.41) is 0. The number of anilines is 1. The Bertz CT molecular complexity index is 585. The Morgan fingerprint density at radius 1 is 1.15 bits per heavy atom. The Hall–Kier alpha value is -2.49. The second-order valence-corrected chi connectivity index (χ2v) is 4.47. The summed E-state index contributed by atoms with van der Waals surface area (Å²) in [6.07, 6.45) is 0. The van der Waals surface area contributed by atoms with Crippen LogP contribution in [0.2, 0.25) is 0 Å². The molecule has 4 nitrogen and oxygen atoms in total. The van der Waals surface area contributed by atoms with Crippen LogP contribution in [-0.4, -0.2) is 13.1 Å². The molecule has 0 radical (unpaired) electrons. The zero-order chi connectivity index (χ0) is 14.5. The van der Waals surface area contributed by atoms with Crippen LogP contribution in [0.4, 0.5) is 5.69 Å². The Morgan fingerprint density at radius 2 is 1.85 bits per heavy atom. The highest BCUT2D eigenvalue weighted by molar-refractivity contribution is 5.89. The van der Waals surface area contributed by atoms with E-state index in [1.165, 1.54) is 7.11 Å². The number of hydrogen-bond acceptors (Lipinski definition) is 4. The Morgan fingerprint density at radius 3 is 2.45 bits per heavy atom. The van der Waals surface area contributed by atoms with Crippen molar-refractivity contribution in [2.75, 3.05) is 12.8 Å². The van der Waals surface area contributed by atoms with E-state index in [0.717, 1.165) is 11.1 Å². The fourth-order valence-corrected chi connectivity index (χ4v) is 1.88. The SMILES string of the molecule is COC(=O)c1ccc(COc2c(C)cccc2N)cc1. The van der Waals surface area contributed by atoms with Gasteiger partial charge >= 0.3 is 5.97 Å². The van der Waals surface area contributed by atoms with Gasteiger partial charge in [-0.25, -0.2) is 4.79 Å². The number of nitrogens with two attached hydrogens (primary N) is 1. The minimum atomic E-state index is -0.347. The average Bonchev–Trinajstić information content (AvgIpc) is 2.46. The lowest BCUT2D eigenvalue weighted by atomic mass is 10.1. The first-order valence-corrected chi connectivity index (χ1v) is 6.27. The highest BCUT2D eigenvalue weighted by Crippen LogP contribution is 2.26. The molecule has 0 saturated heterocycles. The van der Waals surface area contributed by atoms with Crippen LogP contribution < -0.4 is 10.5 Å². The van der Waals surface area contributed by atoms with Crippen LogP contribution in [0.5, 0.6) is 5.75 Å². The van der Waals surface area contributed by atoms with Crippen molar-refractivity contribution in [1.29, 1.82) is 0 Å². The molecule has 20 heavy (non-hydrogen) atoms. The van der Waals surface area contributed by atoms with Gasteiger partial charge in [-0.3, -0.25) is 0 Å². The van der Waals surface area contributed by atoms with Gasteiger partial charge in [0.15, 0.2) is 0 Å². The van der Waals surface area contributed by atoms with Crippen LogP contribution in [0.25, 0.3) is 0 Å². The van der Waals surface area contributed by atoms with E-state index in [4.69, 9.17) is 10.5 Å². The summed E-state index contributed by atoms with van der Waals surface area (Å²) in [6, 6.07) is 12.7. The van der Waals surface area contributed by atoms with Gasteiger partial charge in [-0.1, -0.05) is 24.3 Å². The molecule has 0 fully saturated rings. The number of hydrogen-bond donors (Lipinski definition) is 1. The number of carbonyl (C=O) groups excluding carboxylic acids is 1. The molecule has 0 aromatic heterocycles. The van der Waals surface area contributed by atoms with Crippen molar-refractivity contribution < 1.29 is 14.3 Å². The van der Waals surface area contributed by atoms with Gasteiger partial charge < -0.3 is 15.2 Å². The standard InChI is InChI=1S/C16H17NO3/c1-11-4-3-5-14(17)15(11)20-10-12-6-8-13(9-7-12)16(18)19-2/h3-9H,10,17H2,1-2H3. The van der Waals surface area contributed by atoms with Crippen LogP contribution in [0, 0.1) is 6.92 Å². The van der Waals surface area contributed by atoms with Gasteiger partial charge in [0.05, 0.1) is 18.4 Å². The molecule has 0 atom stereocenters. The summed E-state index contributed by atoms with van der Waals surface area (Å²) >= 11 is 0. The summed E-state index contributed by atoms with van der Waals surface area (Å²) in [6.45, 7) is 2.35. The number of aryl methyl sites for hydroxylation is 1. The van der Waals surface area contributed by atoms with Crippen molar-refractivity contribution in [3.8, 4) is 5.75 Å². The van der Waals surface area contributed by atoms with Crippen LogP contribution >= 0.6 is 0 Å².